The van der Waals surface area contributed by atoms with Crippen molar-refractivity contribution in [3.05, 3.63) is 0 Å². The van der Waals surface area contributed by atoms with Crippen molar-refractivity contribution in [3.8, 4) is 0 Å². The quantitative estimate of drug-likeness (QED) is 0.819. The summed E-state index contributed by atoms with van der Waals surface area (Å²) < 4.78 is 0. The fourth-order valence-corrected chi connectivity index (χ4v) is 2.36. The maximum atomic E-state index is 12.0. The molecule has 1 saturated heterocycles. The zero-order valence-corrected chi connectivity index (χ0v) is 11.9. The number of likely N-dealkylation sites (tertiary alicyclic amines) is 1. The lowest BCUT2D eigenvalue weighted by Gasteiger charge is -2.28. The predicted octanol–water partition coefficient (Wildman–Crippen LogP) is 1.91. The lowest BCUT2D eigenvalue weighted by Crippen LogP contribution is -2.48. The average Bonchev–Trinajstić information content (AvgIpc) is 2.66. The third-order valence-corrected chi connectivity index (χ3v) is 3.26. The molecule has 1 rings (SSSR count). The molecule has 0 bridgehead atoms. The number of hydrogen-bond donors (Lipinski definition) is 1. The lowest BCUT2D eigenvalue weighted by atomic mass is 10.1. The standard InChI is InChI=1S/C13H27N3O/c1-6-15(7-2)11-8-9-16(10-11)12(17)14-13(3,4)5/h11H,6-10H2,1-5H3,(H,14,17). The van der Waals surface area contributed by atoms with Crippen molar-refractivity contribution in [1.29, 1.82) is 0 Å². The van der Waals surface area contributed by atoms with Gasteiger partial charge in [0.05, 0.1) is 0 Å². The molecule has 0 radical (unpaired) electrons. The Morgan fingerprint density at radius 1 is 1.35 bits per heavy atom. The molecule has 4 heteroatoms. The van der Waals surface area contributed by atoms with E-state index in [1.807, 2.05) is 25.7 Å². The second-order valence-electron chi connectivity index (χ2n) is 5.79. The summed E-state index contributed by atoms with van der Waals surface area (Å²) in [5.74, 6) is 0. The van der Waals surface area contributed by atoms with E-state index < -0.39 is 0 Å². The molecular weight excluding hydrogens is 214 g/mol. The molecule has 0 spiro atoms. The van der Waals surface area contributed by atoms with Crippen LogP contribution in [0.1, 0.15) is 41.0 Å². The zero-order valence-electron chi connectivity index (χ0n) is 11.9. The highest BCUT2D eigenvalue weighted by molar-refractivity contribution is 5.75. The van der Waals surface area contributed by atoms with E-state index in [0.29, 0.717) is 6.04 Å². The smallest absolute Gasteiger partial charge is 0.317 e. The van der Waals surface area contributed by atoms with E-state index in [2.05, 4.69) is 24.1 Å². The van der Waals surface area contributed by atoms with E-state index >= 15 is 0 Å². The molecule has 1 aliphatic rings. The summed E-state index contributed by atoms with van der Waals surface area (Å²) in [5.41, 5.74) is -0.148. The normalized spacial score (nSPS) is 21.1. The summed E-state index contributed by atoms with van der Waals surface area (Å²) in [7, 11) is 0. The number of carbonyl (C=O) groups is 1. The largest absolute Gasteiger partial charge is 0.333 e. The molecule has 0 saturated carbocycles. The van der Waals surface area contributed by atoms with Gasteiger partial charge in [0.2, 0.25) is 0 Å². The second-order valence-corrected chi connectivity index (χ2v) is 5.79. The molecule has 1 atom stereocenters. The minimum Gasteiger partial charge on any atom is -0.333 e. The van der Waals surface area contributed by atoms with Crippen LogP contribution in [-0.4, -0.2) is 53.6 Å². The second kappa shape index (κ2) is 5.71. The Hall–Kier alpha value is -0.770. The van der Waals surface area contributed by atoms with E-state index in [4.69, 9.17) is 0 Å². The maximum Gasteiger partial charge on any atom is 0.317 e. The molecule has 0 aliphatic carbocycles. The van der Waals surface area contributed by atoms with Crippen molar-refractivity contribution < 1.29 is 4.79 Å². The predicted molar refractivity (Wildman–Crippen MR) is 71.2 cm³/mol. The zero-order chi connectivity index (χ0) is 13.1. The minimum atomic E-state index is -0.148. The summed E-state index contributed by atoms with van der Waals surface area (Å²) in [6.07, 6.45) is 1.10. The first kappa shape index (κ1) is 14.3. The first-order valence-corrected chi connectivity index (χ1v) is 6.68. The fourth-order valence-electron chi connectivity index (χ4n) is 2.36. The monoisotopic (exact) mass is 241 g/mol. The molecule has 1 aliphatic heterocycles. The van der Waals surface area contributed by atoms with Gasteiger partial charge < -0.3 is 10.2 Å². The third kappa shape index (κ3) is 4.19. The molecule has 4 nitrogen and oxygen atoms in total. The number of urea groups is 1. The SMILES string of the molecule is CCN(CC)C1CCN(C(=O)NC(C)(C)C)C1. The highest BCUT2D eigenvalue weighted by Crippen LogP contribution is 2.16. The number of carbonyl (C=O) groups excluding carboxylic acids is 1. The van der Waals surface area contributed by atoms with Gasteiger partial charge in [-0.1, -0.05) is 13.8 Å². The molecule has 1 N–H and O–H groups in total. The topological polar surface area (TPSA) is 35.6 Å². The molecule has 1 fully saturated rings. The Kier molecular flexibility index (Phi) is 4.80. The van der Waals surface area contributed by atoms with Gasteiger partial charge in [0.1, 0.15) is 0 Å². The summed E-state index contributed by atoms with van der Waals surface area (Å²) in [6.45, 7) is 14.3. The number of hydrogen-bond acceptors (Lipinski definition) is 2. The molecule has 0 aromatic heterocycles. The average molecular weight is 241 g/mol. The van der Waals surface area contributed by atoms with E-state index in [0.717, 1.165) is 32.6 Å². The molecule has 0 aromatic carbocycles. The van der Waals surface area contributed by atoms with Gasteiger partial charge in [-0.05, 0) is 40.3 Å². The summed E-state index contributed by atoms with van der Waals surface area (Å²) >= 11 is 0. The van der Waals surface area contributed by atoms with Crippen LogP contribution in [0.2, 0.25) is 0 Å². The molecule has 1 unspecified atom stereocenters. The molecule has 17 heavy (non-hydrogen) atoms. The van der Waals surface area contributed by atoms with Crippen LogP contribution < -0.4 is 5.32 Å². The Bertz CT molecular complexity index is 256. The lowest BCUT2D eigenvalue weighted by molar-refractivity contribution is 0.186. The molecule has 1 heterocycles. The van der Waals surface area contributed by atoms with Crippen LogP contribution in [-0.2, 0) is 0 Å². The van der Waals surface area contributed by atoms with Crippen LogP contribution in [0.3, 0.4) is 0 Å². The van der Waals surface area contributed by atoms with Crippen molar-refractivity contribution in [2.45, 2.75) is 52.6 Å². The van der Waals surface area contributed by atoms with Gasteiger partial charge in [-0.3, -0.25) is 4.90 Å². The fraction of sp³-hybridized carbons (Fsp3) is 0.923. The van der Waals surface area contributed by atoms with E-state index in [1.54, 1.807) is 0 Å². The molecule has 2 amide bonds. The van der Waals surface area contributed by atoms with Crippen LogP contribution in [0, 0.1) is 0 Å². The van der Waals surface area contributed by atoms with E-state index in [1.165, 1.54) is 0 Å². The van der Waals surface area contributed by atoms with E-state index in [-0.39, 0.29) is 11.6 Å². The molecular formula is C13H27N3O. The number of nitrogens with one attached hydrogen (secondary N) is 1. The van der Waals surface area contributed by atoms with Crippen LogP contribution >= 0.6 is 0 Å². The van der Waals surface area contributed by atoms with Crippen LogP contribution in [0.5, 0.6) is 0 Å². The Balaban J connectivity index is 2.47. The number of likely N-dealkylation sites (N-methyl/N-ethyl adjacent to an activating group) is 1. The van der Waals surface area contributed by atoms with Crippen LogP contribution in [0.15, 0.2) is 0 Å². The van der Waals surface area contributed by atoms with Gasteiger partial charge in [-0.15, -0.1) is 0 Å². The first-order chi connectivity index (χ1) is 7.87. The summed E-state index contributed by atoms with van der Waals surface area (Å²) in [5, 5.41) is 3.03. The van der Waals surface area contributed by atoms with Crippen LogP contribution in [0.4, 0.5) is 4.79 Å². The van der Waals surface area contributed by atoms with Crippen molar-refractivity contribution in [2.75, 3.05) is 26.2 Å². The molecule has 0 aromatic rings. The van der Waals surface area contributed by atoms with Gasteiger partial charge >= 0.3 is 6.03 Å². The maximum absolute atomic E-state index is 12.0. The highest BCUT2D eigenvalue weighted by atomic mass is 16.2. The summed E-state index contributed by atoms with van der Waals surface area (Å²) in [4.78, 5) is 16.4. The Morgan fingerprint density at radius 2 is 1.94 bits per heavy atom. The van der Waals surface area contributed by atoms with Crippen molar-refractivity contribution in [1.82, 2.24) is 15.1 Å². The first-order valence-electron chi connectivity index (χ1n) is 6.68. The van der Waals surface area contributed by atoms with Gasteiger partial charge in [0.15, 0.2) is 0 Å². The van der Waals surface area contributed by atoms with Crippen molar-refractivity contribution >= 4 is 6.03 Å². The van der Waals surface area contributed by atoms with Gasteiger partial charge in [0, 0.05) is 24.7 Å². The number of rotatable bonds is 3. The van der Waals surface area contributed by atoms with Crippen LogP contribution in [0.25, 0.3) is 0 Å². The minimum absolute atomic E-state index is 0.0761. The van der Waals surface area contributed by atoms with Crippen molar-refractivity contribution in [3.63, 3.8) is 0 Å². The third-order valence-electron chi connectivity index (χ3n) is 3.26. The van der Waals surface area contributed by atoms with E-state index in [9.17, 15) is 4.79 Å². The van der Waals surface area contributed by atoms with Gasteiger partial charge in [0.25, 0.3) is 0 Å². The Morgan fingerprint density at radius 3 is 2.41 bits per heavy atom. The molecule has 100 valence electrons. The number of nitrogens with zero attached hydrogens (tertiary/aromatic N) is 2. The highest BCUT2D eigenvalue weighted by Gasteiger charge is 2.30. The van der Waals surface area contributed by atoms with Gasteiger partial charge in [-0.2, -0.15) is 0 Å². The summed E-state index contributed by atoms with van der Waals surface area (Å²) in [6, 6.07) is 0.614. The van der Waals surface area contributed by atoms with Crippen molar-refractivity contribution in [2.24, 2.45) is 0 Å². The Labute approximate surface area is 105 Å². The number of amides is 2. The van der Waals surface area contributed by atoms with Gasteiger partial charge in [-0.25, -0.2) is 4.79 Å².